The number of nitrogens with one attached hydrogen (secondary N) is 1. The summed E-state index contributed by atoms with van der Waals surface area (Å²) < 4.78 is 5.29. The summed E-state index contributed by atoms with van der Waals surface area (Å²) in [6.07, 6.45) is 4.46. The van der Waals surface area contributed by atoms with E-state index in [1.165, 1.54) is 24.6 Å². The molecule has 1 amide bonds. The lowest BCUT2D eigenvalue weighted by Crippen LogP contribution is -2.33. The van der Waals surface area contributed by atoms with Crippen molar-refractivity contribution < 1.29 is 14.5 Å². The van der Waals surface area contributed by atoms with Gasteiger partial charge in [-0.1, -0.05) is 39.2 Å². The third-order valence-electron chi connectivity index (χ3n) is 3.53. The molecule has 0 heterocycles. The molecule has 0 aliphatic heterocycles. The van der Waals surface area contributed by atoms with Crippen LogP contribution in [-0.2, 0) is 4.79 Å². The molecule has 0 aromatic heterocycles. The number of unbranched alkanes of at least 4 members (excludes halogenated alkanes) is 1. The lowest BCUT2D eigenvalue weighted by Gasteiger charge is -2.15. The molecule has 6 heteroatoms. The van der Waals surface area contributed by atoms with Crippen LogP contribution in [0.3, 0.4) is 0 Å². The number of nitro benzene ring substituents is 1. The Balaban J connectivity index is 2.36. The van der Waals surface area contributed by atoms with Gasteiger partial charge in [-0.15, -0.1) is 0 Å². The molecule has 1 atom stereocenters. The molecule has 22 heavy (non-hydrogen) atoms. The zero-order valence-corrected chi connectivity index (χ0v) is 13.2. The number of non-ortho nitro benzene ring substituents is 1. The second-order valence-electron chi connectivity index (χ2n) is 5.26. The van der Waals surface area contributed by atoms with E-state index in [2.05, 4.69) is 19.2 Å². The second kappa shape index (κ2) is 9.76. The minimum atomic E-state index is -0.494. The van der Waals surface area contributed by atoms with Crippen LogP contribution < -0.4 is 10.1 Å². The molecule has 122 valence electrons. The van der Waals surface area contributed by atoms with Crippen molar-refractivity contribution in [2.24, 2.45) is 5.92 Å². The van der Waals surface area contributed by atoms with Gasteiger partial charge in [0.25, 0.3) is 11.6 Å². The molecule has 6 nitrogen and oxygen atoms in total. The maximum atomic E-state index is 11.8. The molecule has 1 aromatic carbocycles. The van der Waals surface area contributed by atoms with Crippen LogP contribution >= 0.6 is 0 Å². The summed E-state index contributed by atoms with van der Waals surface area (Å²) in [5.41, 5.74) is -0.0523. The Hall–Kier alpha value is -2.11. The van der Waals surface area contributed by atoms with E-state index in [9.17, 15) is 14.9 Å². The molecule has 0 fully saturated rings. The van der Waals surface area contributed by atoms with E-state index in [4.69, 9.17) is 4.74 Å². The Morgan fingerprint density at radius 1 is 1.41 bits per heavy atom. The summed E-state index contributed by atoms with van der Waals surface area (Å²) in [4.78, 5) is 21.9. The van der Waals surface area contributed by atoms with Crippen molar-refractivity contribution in [2.45, 2.75) is 39.5 Å². The zero-order valence-electron chi connectivity index (χ0n) is 13.2. The Morgan fingerprint density at radius 3 is 2.82 bits per heavy atom. The first-order chi connectivity index (χ1) is 10.6. The molecule has 1 N–H and O–H groups in total. The Bertz CT molecular complexity index is 491. The fourth-order valence-corrected chi connectivity index (χ4v) is 2.09. The van der Waals surface area contributed by atoms with Gasteiger partial charge in [0.2, 0.25) is 0 Å². The summed E-state index contributed by atoms with van der Waals surface area (Å²) in [5, 5.41) is 13.5. The van der Waals surface area contributed by atoms with Crippen molar-refractivity contribution in [1.29, 1.82) is 0 Å². The number of hydrogen-bond acceptors (Lipinski definition) is 4. The van der Waals surface area contributed by atoms with Gasteiger partial charge in [-0.05, 0) is 18.4 Å². The quantitative estimate of drug-likeness (QED) is 0.531. The first-order valence-electron chi connectivity index (χ1n) is 7.70. The van der Waals surface area contributed by atoms with Gasteiger partial charge in [0.1, 0.15) is 5.75 Å². The van der Waals surface area contributed by atoms with Gasteiger partial charge in [-0.2, -0.15) is 0 Å². The van der Waals surface area contributed by atoms with Crippen LogP contribution in [0.2, 0.25) is 0 Å². The van der Waals surface area contributed by atoms with Gasteiger partial charge >= 0.3 is 0 Å². The van der Waals surface area contributed by atoms with Crippen molar-refractivity contribution in [3.63, 3.8) is 0 Å². The predicted octanol–water partition coefficient (Wildman–Crippen LogP) is 3.31. The lowest BCUT2D eigenvalue weighted by atomic mass is 9.99. The van der Waals surface area contributed by atoms with Gasteiger partial charge in [0.05, 0.1) is 11.0 Å². The zero-order chi connectivity index (χ0) is 16.4. The molecule has 0 spiro atoms. The molecule has 0 aliphatic rings. The van der Waals surface area contributed by atoms with Crippen molar-refractivity contribution >= 4 is 11.6 Å². The van der Waals surface area contributed by atoms with E-state index in [1.807, 2.05) is 0 Å². The third kappa shape index (κ3) is 6.56. The fourth-order valence-electron chi connectivity index (χ4n) is 2.09. The lowest BCUT2D eigenvalue weighted by molar-refractivity contribution is -0.384. The van der Waals surface area contributed by atoms with E-state index < -0.39 is 4.92 Å². The minimum Gasteiger partial charge on any atom is -0.484 e. The van der Waals surface area contributed by atoms with Crippen molar-refractivity contribution in [3.8, 4) is 5.75 Å². The first kappa shape index (κ1) is 17.9. The molecular formula is C16H24N2O4. The smallest absolute Gasteiger partial charge is 0.273 e. The van der Waals surface area contributed by atoms with Gasteiger partial charge in [-0.3, -0.25) is 14.9 Å². The van der Waals surface area contributed by atoms with Crippen LogP contribution in [0.5, 0.6) is 5.75 Å². The number of ether oxygens (including phenoxy) is 1. The first-order valence-corrected chi connectivity index (χ1v) is 7.70. The molecule has 0 saturated carbocycles. The summed E-state index contributed by atoms with van der Waals surface area (Å²) >= 11 is 0. The second-order valence-corrected chi connectivity index (χ2v) is 5.26. The summed E-state index contributed by atoms with van der Waals surface area (Å²) in [6, 6.07) is 5.81. The Kier molecular flexibility index (Phi) is 7.96. The molecule has 1 unspecified atom stereocenters. The van der Waals surface area contributed by atoms with Crippen molar-refractivity contribution in [1.82, 2.24) is 5.32 Å². The van der Waals surface area contributed by atoms with Crippen molar-refractivity contribution in [2.75, 3.05) is 13.2 Å². The number of benzene rings is 1. The molecule has 1 aromatic rings. The number of nitrogens with zero attached hydrogens (tertiary/aromatic N) is 1. The Morgan fingerprint density at radius 2 is 2.18 bits per heavy atom. The van der Waals surface area contributed by atoms with Gasteiger partial charge in [-0.25, -0.2) is 0 Å². The van der Waals surface area contributed by atoms with Gasteiger partial charge in [0, 0.05) is 12.6 Å². The number of carbonyl (C=O) groups is 1. The standard InChI is InChI=1S/C16H24N2O4/c1-3-5-7-13(4-2)11-17-16(19)12-22-15-9-6-8-14(10-15)18(20)21/h6,8-10,13H,3-5,7,11-12H2,1-2H3,(H,17,19). The van der Waals surface area contributed by atoms with Crippen LogP contribution in [0.1, 0.15) is 39.5 Å². The van der Waals surface area contributed by atoms with E-state index in [0.29, 0.717) is 18.2 Å². The van der Waals surface area contributed by atoms with Crippen LogP contribution in [-0.4, -0.2) is 24.0 Å². The molecule has 0 saturated heterocycles. The highest BCUT2D eigenvalue weighted by atomic mass is 16.6. The van der Waals surface area contributed by atoms with E-state index in [0.717, 1.165) is 19.3 Å². The maximum Gasteiger partial charge on any atom is 0.273 e. The van der Waals surface area contributed by atoms with Crippen LogP contribution in [0.15, 0.2) is 24.3 Å². The minimum absolute atomic E-state index is 0.0523. The SMILES string of the molecule is CCCCC(CC)CNC(=O)COc1cccc([N+](=O)[O-])c1. The topological polar surface area (TPSA) is 81.5 Å². The third-order valence-corrected chi connectivity index (χ3v) is 3.53. The predicted molar refractivity (Wildman–Crippen MR) is 84.9 cm³/mol. The number of hydrogen-bond donors (Lipinski definition) is 1. The average Bonchev–Trinajstić information content (AvgIpc) is 2.53. The molecule has 0 aliphatic carbocycles. The monoisotopic (exact) mass is 308 g/mol. The van der Waals surface area contributed by atoms with E-state index >= 15 is 0 Å². The number of amides is 1. The summed E-state index contributed by atoms with van der Waals surface area (Å²) in [5.74, 6) is 0.602. The number of nitro groups is 1. The van der Waals surface area contributed by atoms with E-state index in [1.54, 1.807) is 6.07 Å². The highest BCUT2D eigenvalue weighted by Crippen LogP contribution is 2.18. The average molecular weight is 308 g/mol. The molecular weight excluding hydrogens is 284 g/mol. The highest BCUT2D eigenvalue weighted by molar-refractivity contribution is 5.77. The van der Waals surface area contributed by atoms with Crippen LogP contribution in [0.4, 0.5) is 5.69 Å². The normalized spacial score (nSPS) is 11.7. The number of carbonyl (C=O) groups excluding carboxylic acids is 1. The molecule has 0 bridgehead atoms. The molecule has 0 radical (unpaired) electrons. The highest BCUT2D eigenvalue weighted by Gasteiger charge is 2.10. The van der Waals surface area contributed by atoms with Crippen molar-refractivity contribution in [3.05, 3.63) is 34.4 Å². The molecule has 1 rings (SSSR count). The van der Waals surface area contributed by atoms with E-state index in [-0.39, 0.29) is 18.2 Å². The van der Waals surface area contributed by atoms with Gasteiger partial charge < -0.3 is 10.1 Å². The summed E-state index contributed by atoms with van der Waals surface area (Å²) in [7, 11) is 0. The van der Waals surface area contributed by atoms with Crippen LogP contribution in [0, 0.1) is 16.0 Å². The largest absolute Gasteiger partial charge is 0.484 e. The maximum absolute atomic E-state index is 11.8. The Labute approximate surface area is 131 Å². The van der Waals surface area contributed by atoms with Gasteiger partial charge in [0.15, 0.2) is 6.61 Å². The van der Waals surface area contributed by atoms with Crippen LogP contribution in [0.25, 0.3) is 0 Å². The fraction of sp³-hybridized carbons (Fsp3) is 0.562. The number of rotatable bonds is 10. The summed E-state index contributed by atoms with van der Waals surface area (Å²) in [6.45, 7) is 4.78.